The highest BCUT2D eigenvalue weighted by molar-refractivity contribution is 6.33. The van der Waals surface area contributed by atoms with Gasteiger partial charge in [0.25, 0.3) is 5.56 Å². The lowest BCUT2D eigenvalue weighted by Gasteiger charge is -2.19. The second kappa shape index (κ2) is 6.31. The second-order valence-electron chi connectivity index (χ2n) is 5.19. The van der Waals surface area contributed by atoms with Crippen molar-refractivity contribution >= 4 is 23.1 Å². The summed E-state index contributed by atoms with van der Waals surface area (Å²) >= 11 is 6.05. The number of anilines is 2. The molecule has 1 unspecified atom stereocenters. The SMILES string of the molecule is CCc1nccc(NC2CCN(c3cn[nH]c(=O)c3Cl)C2)n1. The second-order valence-corrected chi connectivity index (χ2v) is 5.56. The minimum atomic E-state index is -0.362. The normalized spacial score (nSPS) is 17.7. The predicted molar refractivity (Wildman–Crippen MR) is 85.5 cm³/mol. The van der Waals surface area contributed by atoms with Crippen LogP contribution in [0.1, 0.15) is 19.2 Å². The van der Waals surface area contributed by atoms with Crippen LogP contribution in [0.4, 0.5) is 11.5 Å². The summed E-state index contributed by atoms with van der Waals surface area (Å²) in [6, 6.07) is 2.11. The Balaban J connectivity index is 1.69. The van der Waals surface area contributed by atoms with Crippen molar-refractivity contribution in [2.75, 3.05) is 23.3 Å². The van der Waals surface area contributed by atoms with Crippen LogP contribution in [0.25, 0.3) is 0 Å². The molecule has 22 heavy (non-hydrogen) atoms. The molecule has 0 saturated carbocycles. The average Bonchev–Trinajstić information content (AvgIpc) is 2.98. The average molecular weight is 321 g/mol. The Hall–Kier alpha value is -2.15. The summed E-state index contributed by atoms with van der Waals surface area (Å²) < 4.78 is 0. The summed E-state index contributed by atoms with van der Waals surface area (Å²) in [5.41, 5.74) is 0.311. The molecule has 1 aliphatic rings. The number of hydrogen-bond acceptors (Lipinski definition) is 6. The zero-order valence-electron chi connectivity index (χ0n) is 12.2. The molecule has 116 valence electrons. The van der Waals surface area contributed by atoms with Gasteiger partial charge in [-0.15, -0.1) is 0 Å². The molecule has 0 amide bonds. The number of nitrogens with zero attached hydrogens (tertiary/aromatic N) is 4. The summed E-state index contributed by atoms with van der Waals surface area (Å²) in [5, 5.41) is 9.74. The number of aryl methyl sites for hydroxylation is 1. The van der Waals surface area contributed by atoms with Gasteiger partial charge in [0.15, 0.2) is 0 Å². The first-order valence-electron chi connectivity index (χ1n) is 7.24. The van der Waals surface area contributed by atoms with E-state index in [0.717, 1.165) is 37.6 Å². The number of halogens is 1. The fraction of sp³-hybridized carbons (Fsp3) is 0.429. The first kappa shape index (κ1) is 14.8. The molecule has 0 spiro atoms. The van der Waals surface area contributed by atoms with Crippen molar-refractivity contribution < 1.29 is 0 Å². The lowest BCUT2D eigenvalue weighted by atomic mass is 10.2. The minimum absolute atomic E-state index is 0.186. The summed E-state index contributed by atoms with van der Waals surface area (Å²) in [7, 11) is 0. The first-order chi connectivity index (χ1) is 10.7. The van der Waals surface area contributed by atoms with Crippen molar-refractivity contribution in [2.45, 2.75) is 25.8 Å². The summed E-state index contributed by atoms with van der Waals surface area (Å²) in [4.78, 5) is 22.2. The van der Waals surface area contributed by atoms with Gasteiger partial charge in [0.2, 0.25) is 0 Å². The van der Waals surface area contributed by atoms with Crippen molar-refractivity contribution in [3.05, 3.63) is 39.7 Å². The Kier molecular flexibility index (Phi) is 4.24. The van der Waals surface area contributed by atoms with Crippen LogP contribution in [0.3, 0.4) is 0 Å². The fourth-order valence-electron chi connectivity index (χ4n) is 2.55. The number of rotatable bonds is 4. The standard InChI is InChI=1S/C14H17ClN6O/c1-2-11-16-5-3-12(19-11)18-9-4-6-21(8-9)10-7-17-20-14(22)13(10)15/h3,5,7,9H,2,4,6,8H2,1H3,(H,20,22)(H,16,18,19). The van der Waals surface area contributed by atoms with E-state index < -0.39 is 0 Å². The van der Waals surface area contributed by atoms with Gasteiger partial charge in [-0.2, -0.15) is 5.10 Å². The van der Waals surface area contributed by atoms with Gasteiger partial charge in [0.1, 0.15) is 16.7 Å². The van der Waals surface area contributed by atoms with E-state index in [0.29, 0.717) is 5.69 Å². The van der Waals surface area contributed by atoms with Crippen LogP contribution in [0.15, 0.2) is 23.3 Å². The topological polar surface area (TPSA) is 86.8 Å². The van der Waals surface area contributed by atoms with Crippen molar-refractivity contribution in [2.24, 2.45) is 0 Å². The molecule has 0 aliphatic carbocycles. The van der Waals surface area contributed by atoms with Crippen LogP contribution in [-0.2, 0) is 6.42 Å². The Labute approximate surface area is 132 Å². The van der Waals surface area contributed by atoms with E-state index in [9.17, 15) is 4.79 Å². The van der Waals surface area contributed by atoms with E-state index in [4.69, 9.17) is 11.6 Å². The van der Waals surface area contributed by atoms with Crippen molar-refractivity contribution in [1.29, 1.82) is 0 Å². The highest BCUT2D eigenvalue weighted by Gasteiger charge is 2.25. The van der Waals surface area contributed by atoms with Gasteiger partial charge >= 0.3 is 0 Å². The number of nitrogens with one attached hydrogen (secondary N) is 2. The van der Waals surface area contributed by atoms with Crippen molar-refractivity contribution in [3.63, 3.8) is 0 Å². The summed E-state index contributed by atoms with van der Waals surface area (Å²) in [5.74, 6) is 1.65. The Morgan fingerprint density at radius 2 is 2.41 bits per heavy atom. The van der Waals surface area contributed by atoms with Gasteiger partial charge in [-0.3, -0.25) is 4.79 Å². The highest BCUT2D eigenvalue weighted by Crippen LogP contribution is 2.25. The summed E-state index contributed by atoms with van der Waals surface area (Å²) in [6.45, 7) is 3.59. The fourth-order valence-corrected chi connectivity index (χ4v) is 2.76. The molecule has 3 rings (SSSR count). The zero-order chi connectivity index (χ0) is 15.5. The molecule has 0 aromatic carbocycles. The molecule has 1 fully saturated rings. The highest BCUT2D eigenvalue weighted by atomic mass is 35.5. The summed E-state index contributed by atoms with van der Waals surface area (Å²) in [6.07, 6.45) is 5.10. The van der Waals surface area contributed by atoms with E-state index in [1.165, 1.54) is 0 Å². The van der Waals surface area contributed by atoms with Crippen LogP contribution < -0.4 is 15.8 Å². The molecule has 1 atom stereocenters. The number of aromatic amines is 1. The smallest absolute Gasteiger partial charge is 0.285 e. The third kappa shape index (κ3) is 3.04. The maximum Gasteiger partial charge on any atom is 0.285 e. The third-order valence-electron chi connectivity index (χ3n) is 3.68. The van der Waals surface area contributed by atoms with Crippen molar-refractivity contribution in [3.8, 4) is 0 Å². The minimum Gasteiger partial charge on any atom is -0.367 e. The molecule has 7 nitrogen and oxygen atoms in total. The maximum absolute atomic E-state index is 11.5. The molecule has 2 N–H and O–H groups in total. The molecule has 2 aromatic rings. The van der Waals surface area contributed by atoms with E-state index >= 15 is 0 Å². The Morgan fingerprint density at radius 3 is 3.23 bits per heavy atom. The third-order valence-corrected chi connectivity index (χ3v) is 4.05. The lowest BCUT2D eigenvalue weighted by Crippen LogP contribution is -2.28. The van der Waals surface area contributed by atoms with Crippen LogP contribution >= 0.6 is 11.6 Å². The number of H-pyrrole nitrogens is 1. The van der Waals surface area contributed by atoms with Gasteiger partial charge in [-0.1, -0.05) is 18.5 Å². The van der Waals surface area contributed by atoms with E-state index in [2.05, 4.69) is 30.4 Å². The maximum atomic E-state index is 11.5. The Bertz CT molecular complexity index is 718. The molecule has 0 bridgehead atoms. The number of hydrogen-bond donors (Lipinski definition) is 2. The molecule has 8 heteroatoms. The van der Waals surface area contributed by atoms with Gasteiger partial charge in [0, 0.05) is 31.7 Å². The Morgan fingerprint density at radius 1 is 1.55 bits per heavy atom. The molecule has 2 aromatic heterocycles. The molecule has 3 heterocycles. The monoisotopic (exact) mass is 320 g/mol. The predicted octanol–water partition coefficient (Wildman–Crippen LogP) is 1.47. The molecule has 0 radical (unpaired) electrons. The molecular weight excluding hydrogens is 304 g/mol. The van der Waals surface area contributed by atoms with Gasteiger partial charge in [0.05, 0.1) is 11.9 Å². The van der Waals surface area contributed by atoms with Crippen LogP contribution in [0, 0.1) is 0 Å². The van der Waals surface area contributed by atoms with Crippen LogP contribution in [-0.4, -0.2) is 39.3 Å². The van der Waals surface area contributed by atoms with E-state index in [-0.39, 0.29) is 16.6 Å². The zero-order valence-corrected chi connectivity index (χ0v) is 13.0. The largest absolute Gasteiger partial charge is 0.367 e. The molecule has 1 aliphatic heterocycles. The van der Waals surface area contributed by atoms with Gasteiger partial charge in [-0.05, 0) is 12.5 Å². The van der Waals surface area contributed by atoms with E-state index in [1.54, 1.807) is 12.4 Å². The van der Waals surface area contributed by atoms with Gasteiger partial charge in [-0.25, -0.2) is 15.1 Å². The molecule has 1 saturated heterocycles. The van der Waals surface area contributed by atoms with Crippen molar-refractivity contribution in [1.82, 2.24) is 20.2 Å². The van der Waals surface area contributed by atoms with Gasteiger partial charge < -0.3 is 10.2 Å². The van der Waals surface area contributed by atoms with Crippen LogP contribution in [0.2, 0.25) is 5.02 Å². The quantitative estimate of drug-likeness (QED) is 0.887. The van der Waals surface area contributed by atoms with E-state index in [1.807, 2.05) is 13.0 Å². The van der Waals surface area contributed by atoms with Crippen LogP contribution in [0.5, 0.6) is 0 Å². The first-order valence-corrected chi connectivity index (χ1v) is 7.61. The lowest BCUT2D eigenvalue weighted by molar-refractivity contribution is 0.794. The number of aromatic nitrogens is 4. The molecular formula is C14H17ClN6O.